The van der Waals surface area contributed by atoms with Gasteiger partial charge in [0.15, 0.2) is 0 Å². The fourth-order valence-electron chi connectivity index (χ4n) is 8.45. The lowest BCUT2D eigenvalue weighted by Gasteiger charge is -2.15. The van der Waals surface area contributed by atoms with Crippen molar-refractivity contribution in [3.05, 3.63) is 57.6 Å². The molecule has 0 fully saturated rings. The lowest BCUT2D eigenvalue weighted by Crippen LogP contribution is -1.99. The Bertz CT molecular complexity index is 1060. The molecule has 0 unspecified atom stereocenters. The highest BCUT2D eigenvalue weighted by molar-refractivity contribution is 5.50. The molecule has 0 aliphatic heterocycles. The van der Waals surface area contributed by atoms with Crippen molar-refractivity contribution in [2.75, 3.05) is 0 Å². The number of hydrogen-bond acceptors (Lipinski definition) is 2. The molecular formula is C51H88O2. The highest BCUT2D eigenvalue weighted by Crippen LogP contribution is 2.33. The molecule has 0 radical (unpaired) electrons. The zero-order chi connectivity index (χ0) is 38.2. The second-order valence-corrected chi connectivity index (χ2v) is 17.1. The van der Waals surface area contributed by atoms with Crippen LogP contribution in [-0.2, 0) is 19.3 Å². The van der Waals surface area contributed by atoms with Crippen LogP contribution >= 0.6 is 0 Å². The summed E-state index contributed by atoms with van der Waals surface area (Å²) < 4.78 is 0. The van der Waals surface area contributed by atoms with Gasteiger partial charge in [-0.15, -0.1) is 0 Å². The van der Waals surface area contributed by atoms with Gasteiger partial charge in [-0.1, -0.05) is 242 Å². The van der Waals surface area contributed by atoms with Crippen molar-refractivity contribution in [1.82, 2.24) is 0 Å². The summed E-state index contributed by atoms with van der Waals surface area (Å²) >= 11 is 0. The molecule has 0 atom stereocenters. The van der Waals surface area contributed by atoms with Crippen molar-refractivity contribution in [3.63, 3.8) is 0 Å². The zero-order valence-corrected chi connectivity index (χ0v) is 36.0. The van der Waals surface area contributed by atoms with Gasteiger partial charge in [0.25, 0.3) is 0 Å². The molecule has 2 aromatic rings. The van der Waals surface area contributed by atoms with E-state index in [1.807, 2.05) is 0 Å². The second-order valence-electron chi connectivity index (χ2n) is 17.1. The third kappa shape index (κ3) is 23.5. The Balaban J connectivity index is 1.61. The number of hydrogen-bond donors (Lipinski definition) is 2. The van der Waals surface area contributed by atoms with Gasteiger partial charge in [-0.3, -0.25) is 0 Å². The first kappa shape index (κ1) is 47.2. The molecule has 0 saturated heterocycles. The standard InChI is InChI=1S/C51H88O2/c1-5-7-9-11-13-15-17-19-21-23-25-27-29-31-33-35-37-46-39-44(3)41-48(50(46)52)43-49-42-45(4)40-47(51(49)53)38-36-34-32-30-28-26-24-22-20-18-16-14-12-10-8-6-2/h39-42,52-53H,5-38,43H2,1-4H3. The number of aryl methyl sites for hydroxylation is 4. The van der Waals surface area contributed by atoms with Gasteiger partial charge in [0.2, 0.25) is 0 Å². The van der Waals surface area contributed by atoms with Crippen molar-refractivity contribution in [1.29, 1.82) is 0 Å². The molecule has 0 saturated carbocycles. The molecule has 0 amide bonds. The van der Waals surface area contributed by atoms with E-state index in [0.717, 1.165) is 47.9 Å². The number of phenols is 2. The summed E-state index contributed by atoms with van der Waals surface area (Å²) in [6, 6.07) is 8.57. The van der Waals surface area contributed by atoms with Crippen LogP contribution in [0.5, 0.6) is 11.5 Å². The normalized spacial score (nSPS) is 11.5. The first-order valence-corrected chi connectivity index (χ1v) is 23.6. The second kappa shape index (κ2) is 32.3. The third-order valence-electron chi connectivity index (χ3n) is 11.8. The fourth-order valence-corrected chi connectivity index (χ4v) is 8.45. The monoisotopic (exact) mass is 733 g/mol. The van der Waals surface area contributed by atoms with Crippen LogP contribution < -0.4 is 0 Å². The van der Waals surface area contributed by atoms with Gasteiger partial charge < -0.3 is 10.2 Å². The quantitative estimate of drug-likeness (QED) is 0.0685. The van der Waals surface area contributed by atoms with E-state index in [1.165, 1.54) is 204 Å². The Hall–Kier alpha value is -1.96. The molecule has 0 aliphatic rings. The minimum absolute atomic E-state index is 0.442. The van der Waals surface area contributed by atoms with Crippen LogP contribution in [0, 0.1) is 13.8 Å². The van der Waals surface area contributed by atoms with E-state index in [1.54, 1.807) is 0 Å². The maximum absolute atomic E-state index is 11.3. The summed E-state index contributed by atoms with van der Waals surface area (Å²) in [5, 5.41) is 22.6. The minimum atomic E-state index is 0.442. The molecule has 2 nitrogen and oxygen atoms in total. The lowest BCUT2D eigenvalue weighted by atomic mass is 9.93. The molecule has 304 valence electrons. The molecule has 2 aromatic carbocycles. The average molecular weight is 733 g/mol. The molecule has 2 rings (SSSR count). The van der Waals surface area contributed by atoms with E-state index < -0.39 is 0 Å². The van der Waals surface area contributed by atoms with Crippen LogP contribution in [0.2, 0.25) is 0 Å². The number of unbranched alkanes of at least 4 members (excludes halogenated alkanes) is 30. The van der Waals surface area contributed by atoms with Crippen LogP contribution in [0.3, 0.4) is 0 Å². The molecule has 2 heteroatoms. The van der Waals surface area contributed by atoms with Crippen LogP contribution in [0.1, 0.15) is 253 Å². The minimum Gasteiger partial charge on any atom is -0.507 e. The Kier molecular flexibility index (Phi) is 28.8. The fraction of sp³-hybridized carbons (Fsp3) is 0.765. The van der Waals surface area contributed by atoms with Crippen LogP contribution in [0.15, 0.2) is 24.3 Å². The highest BCUT2D eigenvalue weighted by atomic mass is 16.3. The molecule has 0 bridgehead atoms. The van der Waals surface area contributed by atoms with Crippen molar-refractivity contribution in [3.8, 4) is 11.5 Å². The van der Waals surface area contributed by atoms with E-state index in [2.05, 4.69) is 52.0 Å². The van der Waals surface area contributed by atoms with Crippen LogP contribution in [0.4, 0.5) is 0 Å². The van der Waals surface area contributed by atoms with Crippen LogP contribution in [-0.4, -0.2) is 10.2 Å². The Morgan fingerprint density at radius 2 is 0.509 bits per heavy atom. The summed E-state index contributed by atoms with van der Waals surface area (Å²) in [5.74, 6) is 0.883. The third-order valence-corrected chi connectivity index (χ3v) is 11.8. The number of aromatic hydroxyl groups is 2. The zero-order valence-electron chi connectivity index (χ0n) is 36.0. The van der Waals surface area contributed by atoms with E-state index in [4.69, 9.17) is 0 Å². The molecule has 53 heavy (non-hydrogen) atoms. The topological polar surface area (TPSA) is 40.5 Å². The molecule has 0 heterocycles. The summed E-state index contributed by atoms with van der Waals surface area (Å²) in [5.41, 5.74) is 6.45. The SMILES string of the molecule is CCCCCCCCCCCCCCCCCCc1cc(C)cc(Cc2cc(C)cc(CCCCCCCCCCCCCCCCCC)c2O)c1O. The predicted octanol–water partition coefficient (Wildman–Crippen LogP) is 16.9. The van der Waals surface area contributed by atoms with Gasteiger partial charge in [-0.25, -0.2) is 0 Å². The first-order valence-electron chi connectivity index (χ1n) is 23.6. The van der Waals surface area contributed by atoms with Gasteiger partial charge in [0.1, 0.15) is 11.5 Å². The van der Waals surface area contributed by atoms with E-state index in [0.29, 0.717) is 17.9 Å². The summed E-state index contributed by atoms with van der Waals surface area (Å²) in [4.78, 5) is 0. The van der Waals surface area contributed by atoms with Gasteiger partial charge in [-0.2, -0.15) is 0 Å². The summed E-state index contributed by atoms with van der Waals surface area (Å²) in [7, 11) is 0. The number of rotatable bonds is 36. The van der Waals surface area contributed by atoms with Crippen LogP contribution in [0.25, 0.3) is 0 Å². The molecule has 0 aromatic heterocycles. The summed E-state index contributed by atoms with van der Waals surface area (Å²) in [6.07, 6.45) is 46.5. The number of phenolic OH excluding ortho intramolecular Hbond substituents is 2. The molecule has 0 aliphatic carbocycles. The van der Waals surface area contributed by atoms with Crippen molar-refractivity contribution >= 4 is 0 Å². The van der Waals surface area contributed by atoms with Crippen molar-refractivity contribution < 1.29 is 10.2 Å². The van der Waals surface area contributed by atoms with Gasteiger partial charge >= 0.3 is 0 Å². The maximum atomic E-state index is 11.3. The molecular weight excluding hydrogens is 645 g/mol. The Morgan fingerprint density at radius 3 is 0.755 bits per heavy atom. The van der Waals surface area contributed by atoms with E-state index in [-0.39, 0.29) is 0 Å². The highest BCUT2D eigenvalue weighted by Gasteiger charge is 2.14. The summed E-state index contributed by atoms with van der Waals surface area (Å²) in [6.45, 7) is 8.86. The first-order chi connectivity index (χ1) is 26.0. The largest absolute Gasteiger partial charge is 0.507 e. The number of benzene rings is 2. The van der Waals surface area contributed by atoms with E-state index >= 15 is 0 Å². The van der Waals surface area contributed by atoms with Gasteiger partial charge in [0, 0.05) is 6.42 Å². The Morgan fingerprint density at radius 1 is 0.302 bits per heavy atom. The average Bonchev–Trinajstić information content (AvgIpc) is 3.14. The predicted molar refractivity (Wildman–Crippen MR) is 235 cm³/mol. The van der Waals surface area contributed by atoms with Crippen molar-refractivity contribution in [2.24, 2.45) is 0 Å². The molecule has 0 spiro atoms. The van der Waals surface area contributed by atoms with E-state index in [9.17, 15) is 10.2 Å². The molecule has 2 N–H and O–H groups in total. The lowest BCUT2D eigenvalue weighted by molar-refractivity contribution is 0.453. The van der Waals surface area contributed by atoms with Gasteiger partial charge in [-0.05, 0) is 61.8 Å². The van der Waals surface area contributed by atoms with Gasteiger partial charge in [0.05, 0.1) is 0 Å². The Labute approximate surface area is 330 Å². The maximum Gasteiger partial charge on any atom is 0.122 e. The van der Waals surface area contributed by atoms with Crippen molar-refractivity contribution in [2.45, 2.75) is 252 Å². The smallest absolute Gasteiger partial charge is 0.122 e.